The Kier molecular flexibility index (Phi) is 9.42. The molecule has 2 aliphatic heterocycles. The molecular formula is C31H33ClN6O4S. The summed E-state index contributed by atoms with van der Waals surface area (Å²) in [5, 5.41) is 17.6. The molecule has 3 aromatic carbocycles. The van der Waals surface area contributed by atoms with Crippen LogP contribution in [0.25, 0.3) is 0 Å². The number of amides is 2. The van der Waals surface area contributed by atoms with E-state index in [0.29, 0.717) is 42.6 Å². The van der Waals surface area contributed by atoms with E-state index in [-0.39, 0.29) is 22.3 Å². The number of non-ortho nitro benzene ring substituents is 1. The van der Waals surface area contributed by atoms with Crippen LogP contribution >= 0.6 is 23.8 Å². The first kappa shape index (κ1) is 30.2. The van der Waals surface area contributed by atoms with Crippen LogP contribution in [-0.4, -0.2) is 66.0 Å². The van der Waals surface area contributed by atoms with Crippen molar-refractivity contribution in [1.29, 1.82) is 0 Å². The molecule has 3 aromatic rings. The second kappa shape index (κ2) is 13.4. The van der Waals surface area contributed by atoms with Crippen molar-refractivity contribution >= 4 is 63.5 Å². The average molecular weight is 621 g/mol. The molecule has 2 aliphatic rings. The van der Waals surface area contributed by atoms with E-state index in [1.54, 1.807) is 12.1 Å². The molecule has 2 fully saturated rings. The highest BCUT2D eigenvalue weighted by Gasteiger charge is 2.25. The summed E-state index contributed by atoms with van der Waals surface area (Å²) in [5.74, 6) is -0.491. The molecule has 0 aromatic heterocycles. The smallest absolute Gasteiger partial charge is 0.270 e. The number of benzene rings is 3. The molecule has 224 valence electrons. The third kappa shape index (κ3) is 7.06. The maximum atomic E-state index is 13.2. The molecule has 43 heavy (non-hydrogen) atoms. The van der Waals surface area contributed by atoms with E-state index in [1.807, 2.05) is 48.2 Å². The molecule has 2 amide bonds. The third-order valence-electron chi connectivity index (χ3n) is 7.85. The predicted molar refractivity (Wildman–Crippen MR) is 174 cm³/mol. The number of piperidine rings is 1. The molecular weight excluding hydrogens is 588 g/mol. The Balaban J connectivity index is 1.21. The summed E-state index contributed by atoms with van der Waals surface area (Å²) >= 11 is 12.1. The van der Waals surface area contributed by atoms with Gasteiger partial charge in [-0.05, 0) is 74.3 Å². The van der Waals surface area contributed by atoms with Crippen molar-refractivity contribution in [1.82, 2.24) is 10.2 Å². The number of nitro groups is 1. The number of carbonyl (C=O) groups excluding carboxylic acids is 2. The van der Waals surface area contributed by atoms with E-state index in [0.717, 1.165) is 49.2 Å². The number of nitro benzene ring substituents is 1. The lowest BCUT2D eigenvalue weighted by molar-refractivity contribution is -0.384. The number of hydrogen-bond donors (Lipinski definition) is 2. The van der Waals surface area contributed by atoms with Gasteiger partial charge in [0.2, 0.25) is 0 Å². The first-order valence-electron chi connectivity index (χ1n) is 14.3. The zero-order valence-corrected chi connectivity index (χ0v) is 25.4. The zero-order chi connectivity index (χ0) is 30.5. The fourth-order valence-corrected chi connectivity index (χ4v) is 6.05. The lowest BCUT2D eigenvalue weighted by atomic mass is 10.1. The lowest BCUT2D eigenvalue weighted by Crippen LogP contribution is -2.49. The number of rotatable bonds is 6. The molecule has 12 heteroatoms. The number of nitrogens with one attached hydrogen (secondary N) is 2. The first-order chi connectivity index (χ1) is 20.7. The number of aryl methyl sites for hydroxylation is 1. The monoisotopic (exact) mass is 620 g/mol. The van der Waals surface area contributed by atoms with Gasteiger partial charge in [0.05, 0.1) is 26.9 Å². The fourth-order valence-electron chi connectivity index (χ4n) is 5.54. The highest BCUT2D eigenvalue weighted by molar-refractivity contribution is 7.80. The summed E-state index contributed by atoms with van der Waals surface area (Å²) in [6.45, 7) is 5.94. The molecule has 10 nitrogen and oxygen atoms in total. The van der Waals surface area contributed by atoms with E-state index in [2.05, 4.69) is 20.4 Å². The van der Waals surface area contributed by atoms with Crippen molar-refractivity contribution < 1.29 is 14.5 Å². The molecule has 0 bridgehead atoms. The van der Waals surface area contributed by atoms with E-state index in [1.165, 1.54) is 12.1 Å². The van der Waals surface area contributed by atoms with Gasteiger partial charge in [-0.2, -0.15) is 0 Å². The van der Waals surface area contributed by atoms with Gasteiger partial charge in [0.25, 0.3) is 17.5 Å². The Morgan fingerprint density at radius 2 is 1.53 bits per heavy atom. The minimum Gasteiger partial charge on any atom is -0.371 e. The highest BCUT2D eigenvalue weighted by Crippen LogP contribution is 2.31. The van der Waals surface area contributed by atoms with Crippen molar-refractivity contribution in [3.8, 4) is 0 Å². The Morgan fingerprint density at radius 1 is 0.860 bits per heavy atom. The van der Waals surface area contributed by atoms with Crippen LogP contribution in [0.1, 0.15) is 45.5 Å². The summed E-state index contributed by atoms with van der Waals surface area (Å²) in [5.41, 5.74) is 3.80. The summed E-state index contributed by atoms with van der Waals surface area (Å²) in [6, 6.07) is 17.4. The van der Waals surface area contributed by atoms with Crippen molar-refractivity contribution in [2.45, 2.75) is 26.2 Å². The molecule has 2 N–H and O–H groups in total. The van der Waals surface area contributed by atoms with Crippen LogP contribution in [0.15, 0.2) is 60.7 Å². The van der Waals surface area contributed by atoms with Crippen LogP contribution in [0, 0.1) is 17.0 Å². The van der Waals surface area contributed by atoms with Crippen LogP contribution in [0.2, 0.25) is 5.02 Å². The van der Waals surface area contributed by atoms with Crippen LogP contribution in [-0.2, 0) is 0 Å². The van der Waals surface area contributed by atoms with Gasteiger partial charge in [-0.15, -0.1) is 0 Å². The molecule has 2 saturated heterocycles. The van der Waals surface area contributed by atoms with Gasteiger partial charge < -0.3 is 20.0 Å². The molecule has 0 radical (unpaired) electrons. The maximum Gasteiger partial charge on any atom is 0.270 e. The van der Waals surface area contributed by atoms with Crippen molar-refractivity contribution in [2.24, 2.45) is 0 Å². The number of hydrogen-bond acceptors (Lipinski definition) is 7. The van der Waals surface area contributed by atoms with Gasteiger partial charge in [0.15, 0.2) is 5.11 Å². The SMILES string of the molecule is Cc1ccccc1C(=O)N1CCN(c2ccc(NC(=S)NC(=O)c3cc([N+](=O)[O-])ccc3N3CCCCC3)cc2Cl)CC1. The van der Waals surface area contributed by atoms with Gasteiger partial charge in [-0.3, -0.25) is 25.0 Å². The number of carbonyl (C=O) groups is 2. The zero-order valence-electron chi connectivity index (χ0n) is 23.8. The molecule has 0 aliphatic carbocycles. The summed E-state index contributed by atoms with van der Waals surface area (Å²) in [4.78, 5) is 43.2. The molecule has 2 heterocycles. The van der Waals surface area contributed by atoms with Crippen molar-refractivity contribution in [3.05, 3.63) is 92.5 Å². The van der Waals surface area contributed by atoms with Gasteiger partial charge in [-0.25, -0.2) is 0 Å². The number of nitrogens with zero attached hydrogens (tertiary/aromatic N) is 4. The van der Waals surface area contributed by atoms with Gasteiger partial charge >= 0.3 is 0 Å². The lowest BCUT2D eigenvalue weighted by Gasteiger charge is -2.36. The minimum atomic E-state index is -0.525. The number of halogens is 1. The summed E-state index contributed by atoms with van der Waals surface area (Å²) in [7, 11) is 0. The van der Waals surface area contributed by atoms with Crippen molar-refractivity contribution in [2.75, 3.05) is 54.4 Å². The van der Waals surface area contributed by atoms with E-state index >= 15 is 0 Å². The van der Waals surface area contributed by atoms with Gasteiger partial charge in [0, 0.05) is 62.7 Å². The molecule has 0 spiro atoms. The molecule has 0 atom stereocenters. The van der Waals surface area contributed by atoms with Crippen LogP contribution in [0.4, 0.5) is 22.7 Å². The van der Waals surface area contributed by atoms with E-state index in [9.17, 15) is 19.7 Å². The van der Waals surface area contributed by atoms with Gasteiger partial charge in [0.1, 0.15) is 0 Å². The standard InChI is InChI=1S/C31H33ClN6O4S/c1-21-7-3-4-8-24(21)30(40)37-17-15-36(16-18-37)28-11-9-22(19-26(28)32)33-31(43)34-29(39)25-20-23(38(41)42)10-12-27(25)35-13-5-2-6-14-35/h3-4,7-12,19-20H,2,5-6,13-18H2,1H3,(H2,33,34,39,43). The Labute approximate surface area is 260 Å². The predicted octanol–water partition coefficient (Wildman–Crippen LogP) is 5.64. The summed E-state index contributed by atoms with van der Waals surface area (Å²) < 4.78 is 0. The normalized spacial score (nSPS) is 15.2. The number of thiocarbonyl (C=S) groups is 1. The Bertz CT molecular complexity index is 1550. The third-order valence-corrected chi connectivity index (χ3v) is 8.35. The van der Waals surface area contributed by atoms with Gasteiger partial charge in [-0.1, -0.05) is 29.8 Å². The molecule has 0 saturated carbocycles. The largest absolute Gasteiger partial charge is 0.371 e. The summed E-state index contributed by atoms with van der Waals surface area (Å²) in [6.07, 6.45) is 3.11. The maximum absolute atomic E-state index is 13.2. The van der Waals surface area contributed by atoms with Crippen molar-refractivity contribution in [3.63, 3.8) is 0 Å². The fraction of sp³-hybridized carbons (Fsp3) is 0.323. The number of anilines is 3. The second-order valence-corrected chi connectivity index (χ2v) is 11.5. The minimum absolute atomic E-state index is 0.0344. The molecule has 0 unspecified atom stereocenters. The quantitative estimate of drug-likeness (QED) is 0.207. The Morgan fingerprint density at radius 3 is 2.21 bits per heavy atom. The topological polar surface area (TPSA) is 111 Å². The van der Waals surface area contributed by atoms with Crippen LogP contribution < -0.4 is 20.4 Å². The Hall–Kier alpha value is -4.22. The van der Waals surface area contributed by atoms with Crippen LogP contribution in [0.5, 0.6) is 0 Å². The average Bonchev–Trinajstić information content (AvgIpc) is 3.01. The second-order valence-electron chi connectivity index (χ2n) is 10.7. The van der Waals surface area contributed by atoms with Crippen LogP contribution in [0.3, 0.4) is 0 Å². The number of piperazine rings is 1. The van der Waals surface area contributed by atoms with E-state index in [4.69, 9.17) is 23.8 Å². The molecule has 5 rings (SSSR count). The van der Waals surface area contributed by atoms with E-state index < -0.39 is 10.8 Å². The highest BCUT2D eigenvalue weighted by atomic mass is 35.5. The first-order valence-corrected chi connectivity index (χ1v) is 15.0.